The van der Waals surface area contributed by atoms with E-state index in [0.717, 1.165) is 18.6 Å². The van der Waals surface area contributed by atoms with Crippen molar-refractivity contribution in [2.75, 3.05) is 17.6 Å². The van der Waals surface area contributed by atoms with Crippen LogP contribution in [0.3, 0.4) is 0 Å². The molecule has 20 heavy (non-hydrogen) atoms. The molecular formula is C11H12F3N3O2S. The number of nitrogens with zero attached hydrogens (tertiary/aromatic N) is 2. The molecule has 0 aromatic carbocycles. The monoisotopic (exact) mass is 307 g/mol. The summed E-state index contributed by atoms with van der Waals surface area (Å²) in [7, 11) is 0. The van der Waals surface area contributed by atoms with Gasteiger partial charge in [0.1, 0.15) is 17.6 Å². The summed E-state index contributed by atoms with van der Waals surface area (Å²) in [6, 6.07) is 0.692. The van der Waals surface area contributed by atoms with E-state index in [4.69, 9.17) is 0 Å². The summed E-state index contributed by atoms with van der Waals surface area (Å²) in [5.74, 6) is 1.01. The Morgan fingerprint density at radius 3 is 2.85 bits per heavy atom. The molecule has 1 N–H and O–H groups in total. The molecule has 2 heterocycles. The Hall–Kier alpha value is -1.51. The molecule has 1 aromatic rings. The number of pyridine rings is 1. The van der Waals surface area contributed by atoms with E-state index in [-0.39, 0.29) is 10.9 Å². The predicted molar refractivity (Wildman–Crippen MR) is 69.9 cm³/mol. The van der Waals surface area contributed by atoms with Crippen molar-refractivity contribution in [1.82, 2.24) is 4.98 Å². The first-order valence-electron chi connectivity index (χ1n) is 5.95. The molecule has 0 saturated carbocycles. The first kappa shape index (κ1) is 14.9. The zero-order valence-corrected chi connectivity index (χ0v) is 11.1. The third-order valence-electron chi connectivity index (χ3n) is 2.91. The minimum absolute atomic E-state index is 0.134. The van der Waals surface area contributed by atoms with E-state index in [0.29, 0.717) is 18.8 Å². The lowest BCUT2D eigenvalue weighted by Crippen LogP contribution is -2.16. The lowest BCUT2D eigenvalue weighted by molar-refractivity contribution is -0.384. The van der Waals surface area contributed by atoms with Gasteiger partial charge >= 0.3 is 11.9 Å². The number of thioether (sulfide) groups is 1. The molecule has 9 heteroatoms. The van der Waals surface area contributed by atoms with Crippen LogP contribution < -0.4 is 5.32 Å². The van der Waals surface area contributed by atoms with Gasteiger partial charge in [-0.3, -0.25) is 10.1 Å². The van der Waals surface area contributed by atoms with Crippen LogP contribution in [-0.4, -0.2) is 27.5 Å². The molecule has 0 amide bonds. The highest BCUT2D eigenvalue weighted by Crippen LogP contribution is 2.33. The number of rotatable bonds is 4. The molecule has 0 aliphatic carbocycles. The number of alkyl halides is 3. The number of nitrogens with one attached hydrogen (secondary N) is 1. The Kier molecular flexibility index (Phi) is 4.36. The lowest BCUT2D eigenvalue weighted by Gasteiger charge is -2.13. The average molecular weight is 307 g/mol. The van der Waals surface area contributed by atoms with Crippen molar-refractivity contribution in [2.24, 2.45) is 0 Å². The average Bonchev–Trinajstić information content (AvgIpc) is 2.87. The Balaban J connectivity index is 2.20. The second-order valence-corrected chi connectivity index (χ2v) is 5.77. The molecular weight excluding hydrogens is 295 g/mol. The highest BCUT2D eigenvalue weighted by atomic mass is 32.2. The number of halogens is 3. The van der Waals surface area contributed by atoms with E-state index < -0.39 is 22.5 Å². The fraction of sp³-hybridized carbons (Fsp3) is 0.545. The van der Waals surface area contributed by atoms with Crippen LogP contribution >= 0.6 is 11.8 Å². The summed E-state index contributed by atoms with van der Waals surface area (Å²) in [5.41, 5.74) is -1.71. The largest absolute Gasteiger partial charge is 0.433 e. The van der Waals surface area contributed by atoms with Crippen molar-refractivity contribution in [1.29, 1.82) is 0 Å². The molecule has 1 aromatic heterocycles. The number of hydrogen-bond acceptors (Lipinski definition) is 5. The van der Waals surface area contributed by atoms with Gasteiger partial charge in [0.05, 0.1) is 4.92 Å². The minimum atomic E-state index is -4.62. The maximum absolute atomic E-state index is 12.6. The lowest BCUT2D eigenvalue weighted by atomic mass is 10.2. The van der Waals surface area contributed by atoms with Crippen LogP contribution in [0.4, 0.5) is 24.5 Å². The SMILES string of the molecule is O=[N+]([O-])c1cnc(C(F)(F)F)cc1NCC1CCCS1. The highest BCUT2D eigenvalue weighted by molar-refractivity contribution is 8.00. The van der Waals surface area contributed by atoms with E-state index >= 15 is 0 Å². The van der Waals surface area contributed by atoms with Crippen LogP contribution in [0.1, 0.15) is 18.5 Å². The van der Waals surface area contributed by atoms with Crippen LogP contribution in [0.2, 0.25) is 0 Å². The van der Waals surface area contributed by atoms with Gasteiger partial charge in [0.25, 0.3) is 0 Å². The van der Waals surface area contributed by atoms with Gasteiger partial charge in [-0.15, -0.1) is 0 Å². The van der Waals surface area contributed by atoms with Gasteiger partial charge in [-0.25, -0.2) is 4.98 Å². The van der Waals surface area contributed by atoms with Gasteiger partial charge in [-0.1, -0.05) is 0 Å². The second-order valence-electron chi connectivity index (χ2n) is 4.36. The van der Waals surface area contributed by atoms with Crippen molar-refractivity contribution in [2.45, 2.75) is 24.3 Å². The van der Waals surface area contributed by atoms with Crippen LogP contribution in [0.25, 0.3) is 0 Å². The molecule has 0 spiro atoms. The van der Waals surface area contributed by atoms with Crippen LogP contribution in [-0.2, 0) is 6.18 Å². The number of aromatic nitrogens is 1. The Labute approximate surface area is 117 Å². The smallest absolute Gasteiger partial charge is 0.378 e. The van der Waals surface area contributed by atoms with Gasteiger partial charge in [-0.05, 0) is 24.7 Å². The number of nitro groups is 1. The summed E-state index contributed by atoms with van der Waals surface area (Å²) in [6.45, 7) is 0.410. The summed E-state index contributed by atoms with van der Waals surface area (Å²) in [6.07, 6.45) is -1.95. The number of anilines is 1. The maximum atomic E-state index is 12.6. The molecule has 1 aliphatic rings. The molecule has 0 radical (unpaired) electrons. The zero-order valence-electron chi connectivity index (χ0n) is 10.3. The minimum Gasteiger partial charge on any atom is -0.378 e. The predicted octanol–water partition coefficient (Wildman–Crippen LogP) is 3.32. The molecule has 5 nitrogen and oxygen atoms in total. The molecule has 1 fully saturated rings. The molecule has 2 rings (SSSR count). The molecule has 0 bridgehead atoms. The highest BCUT2D eigenvalue weighted by Gasteiger charge is 2.34. The first-order valence-corrected chi connectivity index (χ1v) is 7.00. The maximum Gasteiger partial charge on any atom is 0.433 e. The molecule has 1 saturated heterocycles. The topological polar surface area (TPSA) is 68.1 Å². The third kappa shape index (κ3) is 3.53. The van der Waals surface area contributed by atoms with Crippen molar-refractivity contribution >= 4 is 23.1 Å². The zero-order chi connectivity index (χ0) is 14.8. The van der Waals surface area contributed by atoms with Crippen LogP contribution in [0, 0.1) is 10.1 Å². The van der Waals surface area contributed by atoms with E-state index in [1.54, 1.807) is 11.8 Å². The second kappa shape index (κ2) is 5.86. The summed E-state index contributed by atoms with van der Waals surface area (Å²) >= 11 is 1.72. The fourth-order valence-electron chi connectivity index (χ4n) is 1.92. The molecule has 110 valence electrons. The van der Waals surface area contributed by atoms with Gasteiger partial charge in [0.15, 0.2) is 0 Å². The fourth-order valence-corrected chi connectivity index (χ4v) is 3.12. The van der Waals surface area contributed by atoms with E-state index in [9.17, 15) is 23.3 Å². The summed E-state index contributed by atoms with van der Waals surface area (Å²) < 4.78 is 37.7. The third-order valence-corrected chi connectivity index (χ3v) is 4.31. The molecule has 1 atom stereocenters. The van der Waals surface area contributed by atoms with Crippen LogP contribution in [0.5, 0.6) is 0 Å². The van der Waals surface area contributed by atoms with Gasteiger partial charge in [-0.2, -0.15) is 24.9 Å². The van der Waals surface area contributed by atoms with Gasteiger partial charge < -0.3 is 5.32 Å². The Morgan fingerprint density at radius 2 is 2.30 bits per heavy atom. The van der Waals surface area contributed by atoms with Crippen molar-refractivity contribution in [3.8, 4) is 0 Å². The normalized spacial score (nSPS) is 19.1. The van der Waals surface area contributed by atoms with Crippen molar-refractivity contribution in [3.05, 3.63) is 28.1 Å². The Bertz CT molecular complexity index is 504. The summed E-state index contributed by atoms with van der Waals surface area (Å²) in [4.78, 5) is 13.2. The van der Waals surface area contributed by atoms with Crippen LogP contribution in [0.15, 0.2) is 12.3 Å². The quantitative estimate of drug-likeness (QED) is 0.682. The Morgan fingerprint density at radius 1 is 1.55 bits per heavy atom. The standard InChI is InChI=1S/C11H12F3N3O2S/c12-11(13,14)10-4-8(9(6-16-10)17(18)19)15-5-7-2-1-3-20-7/h4,6-7H,1-3,5H2,(H,15,16). The molecule has 1 unspecified atom stereocenters. The first-order chi connectivity index (χ1) is 9.38. The van der Waals surface area contributed by atoms with Crippen molar-refractivity contribution in [3.63, 3.8) is 0 Å². The van der Waals surface area contributed by atoms with Gasteiger partial charge in [0.2, 0.25) is 0 Å². The molecule has 1 aliphatic heterocycles. The number of hydrogen-bond donors (Lipinski definition) is 1. The van der Waals surface area contributed by atoms with E-state index in [2.05, 4.69) is 10.3 Å². The van der Waals surface area contributed by atoms with E-state index in [1.807, 2.05) is 0 Å². The van der Waals surface area contributed by atoms with Crippen molar-refractivity contribution < 1.29 is 18.1 Å². The summed E-state index contributed by atoms with van der Waals surface area (Å²) in [5, 5.41) is 13.8. The van der Waals surface area contributed by atoms with E-state index in [1.165, 1.54) is 0 Å². The van der Waals surface area contributed by atoms with Gasteiger partial charge in [0, 0.05) is 11.8 Å².